The molecule has 0 aliphatic carbocycles. The highest BCUT2D eigenvalue weighted by molar-refractivity contribution is 9.10. The summed E-state index contributed by atoms with van der Waals surface area (Å²) in [5.41, 5.74) is 1.27. The zero-order valence-electron chi connectivity index (χ0n) is 9.69. The minimum absolute atomic E-state index is 0.384. The van der Waals surface area contributed by atoms with E-state index in [1.807, 2.05) is 13.0 Å². The van der Waals surface area contributed by atoms with E-state index in [1.165, 1.54) is 13.8 Å². The van der Waals surface area contributed by atoms with E-state index < -0.39 is 20.7 Å². The maximum absolute atomic E-state index is 12.0. The average Bonchev–Trinajstić information content (AvgIpc) is 2.24. The predicted octanol–water partition coefficient (Wildman–Crippen LogP) is 2.21. The minimum atomic E-state index is -3.59. The lowest BCUT2D eigenvalue weighted by atomic mass is 10.1. The number of rotatable bonds is 1. The van der Waals surface area contributed by atoms with Crippen LogP contribution in [0.5, 0.6) is 0 Å². The third kappa shape index (κ3) is 1.47. The van der Waals surface area contributed by atoms with Gasteiger partial charge in [-0.1, -0.05) is 12.1 Å². The number of anilines is 1. The average molecular weight is 318 g/mol. The highest BCUT2D eigenvalue weighted by atomic mass is 79.9. The first-order valence-electron chi connectivity index (χ1n) is 5.05. The molecule has 0 saturated carbocycles. The van der Waals surface area contributed by atoms with Crippen LogP contribution in [0, 0.1) is 6.92 Å². The third-order valence-electron chi connectivity index (χ3n) is 2.97. The van der Waals surface area contributed by atoms with Crippen LogP contribution < -0.4 is 4.31 Å². The molecule has 2 rings (SSSR count). The molecule has 1 fully saturated rings. The summed E-state index contributed by atoms with van der Waals surface area (Å²) in [7, 11) is -3.59. The maximum atomic E-state index is 12.0. The lowest BCUT2D eigenvalue weighted by Crippen LogP contribution is -2.67. The molecular formula is C11H12BrNO3S. The standard InChI is InChI=1S/C11H12BrNO3S/c1-7-5-4-6-8(9(7)12)13-10(14)11(2,3)17(13,15)16/h4-6H,1-3H3. The first-order valence-corrected chi connectivity index (χ1v) is 7.29. The Morgan fingerprint density at radius 3 is 2.41 bits per heavy atom. The second-order valence-electron chi connectivity index (χ2n) is 4.49. The second kappa shape index (κ2) is 3.55. The fourth-order valence-corrected chi connectivity index (χ4v) is 3.73. The normalized spacial score (nSPS) is 21.2. The zero-order valence-corrected chi connectivity index (χ0v) is 12.1. The molecule has 0 unspecified atom stereocenters. The number of nitrogens with zero attached hydrogens (tertiary/aromatic N) is 1. The molecule has 0 N–H and O–H groups in total. The molecule has 17 heavy (non-hydrogen) atoms. The molecule has 0 atom stereocenters. The van der Waals surface area contributed by atoms with Gasteiger partial charge >= 0.3 is 0 Å². The fraction of sp³-hybridized carbons (Fsp3) is 0.364. The summed E-state index contributed by atoms with van der Waals surface area (Å²) in [6, 6.07) is 5.18. The summed E-state index contributed by atoms with van der Waals surface area (Å²) in [6.07, 6.45) is 0. The van der Waals surface area contributed by atoms with Gasteiger partial charge in [-0.3, -0.25) is 4.79 Å². The van der Waals surface area contributed by atoms with Crippen LogP contribution in [-0.4, -0.2) is 19.1 Å². The molecule has 1 aromatic rings. The lowest BCUT2D eigenvalue weighted by molar-refractivity contribution is -0.120. The molecule has 0 spiro atoms. The number of aryl methyl sites for hydroxylation is 1. The molecule has 0 radical (unpaired) electrons. The predicted molar refractivity (Wildman–Crippen MR) is 69.4 cm³/mol. The molecule has 0 bridgehead atoms. The highest BCUT2D eigenvalue weighted by Gasteiger charge is 2.61. The summed E-state index contributed by atoms with van der Waals surface area (Å²) in [5, 5.41) is 0. The van der Waals surface area contributed by atoms with E-state index in [-0.39, 0.29) is 0 Å². The number of carbonyl (C=O) groups is 1. The van der Waals surface area contributed by atoms with Crippen molar-refractivity contribution in [1.82, 2.24) is 0 Å². The number of hydrogen-bond donors (Lipinski definition) is 0. The first kappa shape index (κ1) is 12.6. The summed E-state index contributed by atoms with van der Waals surface area (Å²) < 4.78 is 24.2. The van der Waals surface area contributed by atoms with E-state index in [1.54, 1.807) is 12.1 Å². The van der Waals surface area contributed by atoms with Crippen LogP contribution in [0.3, 0.4) is 0 Å². The van der Waals surface area contributed by atoms with Crippen LogP contribution >= 0.6 is 15.9 Å². The van der Waals surface area contributed by atoms with E-state index in [0.717, 1.165) is 9.87 Å². The topological polar surface area (TPSA) is 54.5 Å². The Morgan fingerprint density at radius 1 is 1.29 bits per heavy atom. The van der Waals surface area contributed by atoms with Crippen LogP contribution in [0.1, 0.15) is 19.4 Å². The SMILES string of the molecule is Cc1cccc(N2C(=O)C(C)(C)S2(=O)=O)c1Br. The van der Waals surface area contributed by atoms with Crippen LogP contribution in [0.25, 0.3) is 0 Å². The Balaban J connectivity index is 2.59. The molecule has 0 aromatic heterocycles. The van der Waals surface area contributed by atoms with Crippen LogP contribution in [0.2, 0.25) is 0 Å². The van der Waals surface area contributed by atoms with Crippen LogP contribution in [0.15, 0.2) is 22.7 Å². The van der Waals surface area contributed by atoms with Crippen LogP contribution in [0.4, 0.5) is 5.69 Å². The largest absolute Gasteiger partial charge is 0.272 e. The van der Waals surface area contributed by atoms with Crippen molar-refractivity contribution >= 4 is 37.5 Å². The van der Waals surface area contributed by atoms with Gasteiger partial charge in [0.2, 0.25) is 0 Å². The Labute approximate surface area is 109 Å². The van der Waals surface area contributed by atoms with Crippen molar-refractivity contribution in [3.63, 3.8) is 0 Å². The zero-order chi connectivity index (χ0) is 13.0. The van der Waals surface area contributed by atoms with Gasteiger partial charge in [0.1, 0.15) is 0 Å². The van der Waals surface area contributed by atoms with Crippen molar-refractivity contribution in [2.45, 2.75) is 25.5 Å². The van der Waals surface area contributed by atoms with E-state index in [0.29, 0.717) is 10.2 Å². The Kier molecular flexibility index (Phi) is 2.63. The molecular weight excluding hydrogens is 306 g/mol. The number of halogens is 1. The van der Waals surface area contributed by atoms with Gasteiger partial charge in [0.05, 0.1) is 5.69 Å². The third-order valence-corrected chi connectivity index (χ3v) is 6.31. The lowest BCUT2D eigenvalue weighted by Gasteiger charge is -2.43. The quantitative estimate of drug-likeness (QED) is 0.798. The summed E-state index contributed by atoms with van der Waals surface area (Å²) in [6.45, 7) is 4.69. The van der Waals surface area contributed by atoms with Crippen molar-refractivity contribution in [3.05, 3.63) is 28.2 Å². The van der Waals surface area contributed by atoms with E-state index >= 15 is 0 Å². The second-order valence-corrected chi connectivity index (χ2v) is 7.62. The highest BCUT2D eigenvalue weighted by Crippen LogP contribution is 2.42. The molecule has 4 nitrogen and oxygen atoms in total. The molecule has 1 amide bonds. The van der Waals surface area contributed by atoms with Gasteiger partial charge in [0, 0.05) is 4.47 Å². The molecule has 92 valence electrons. The van der Waals surface area contributed by atoms with Crippen molar-refractivity contribution < 1.29 is 13.2 Å². The number of benzene rings is 1. The minimum Gasteiger partial charge on any atom is -0.272 e. The van der Waals surface area contributed by atoms with Crippen molar-refractivity contribution in [2.75, 3.05) is 4.31 Å². The smallest absolute Gasteiger partial charge is 0.263 e. The van der Waals surface area contributed by atoms with Gasteiger partial charge < -0.3 is 0 Å². The van der Waals surface area contributed by atoms with Gasteiger partial charge in [-0.15, -0.1) is 0 Å². The van der Waals surface area contributed by atoms with Gasteiger partial charge in [-0.2, -0.15) is 0 Å². The van der Waals surface area contributed by atoms with Crippen LogP contribution in [-0.2, 0) is 14.8 Å². The van der Waals surface area contributed by atoms with Crippen molar-refractivity contribution in [1.29, 1.82) is 0 Å². The molecule has 1 aliphatic rings. The number of carbonyl (C=O) groups excluding carboxylic acids is 1. The van der Waals surface area contributed by atoms with Gasteiger partial charge in [-0.25, -0.2) is 12.7 Å². The number of sulfonamides is 1. The van der Waals surface area contributed by atoms with Crippen molar-refractivity contribution in [2.24, 2.45) is 0 Å². The molecule has 1 aromatic carbocycles. The van der Waals surface area contributed by atoms with Gasteiger partial charge in [0.15, 0.2) is 4.75 Å². The van der Waals surface area contributed by atoms with E-state index in [9.17, 15) is 13.2 Å². The first-order chi connectivity index (χ1) is 7.71. The molecule has 6 heteroatoms. The van der Waals surface area contributed by atoms with Crippen molar-refractivity contribution in [3.8, 4) is 0 Å². The summed E-state index contributed by atoms with van der Waals surface area (Å²) in [4.78, 5) is 11.9. The molecule has 1 saturated heterocycles. The number of amides is 1. The maximum Gasteiger partial charge on any atom is 0.263 e. The van der Waals surface area contributed by atoms with E-state index in [4.69, 9.17) is 0 Å². The molecule has 1 aliphatic heterocycles. The Hall–Kier alpha value is -0.880. The fourth-order valence-electron chi connectivity index (χ4n) is 1.68. The monoisotopic (exact) mass is 317 g/mol. The summed E-state index contributed by atoms with van der Waals surface area (Å²) in [5.74, 6) is -0.399. The Morgan fingerprint density at radius 2 is 1.88 bits per heavy atom. The van der Waals surface area contributed by atoms with Gasteiger partial charge in [0.25, 0.3) is 15.9 Å². The van der Waals surface area contributed by atoms with Gasteiger partial charge in [-0.05, 0) is 48.3 Å². The Bertz CT molecular complexity index is 607. The van der Waals surface area contributed by atoms with E-state index in [2.05, 4.69) is 15.9 Å². The number of hydrogen-bond acceptors (Lipinski definition) is 3. The molecule has 1 heterocycles. The summed E-state index contributed by atoms with van der Waals surface area (Å²) >= 11 is 3.31.